The highest BCUT2D eigenvalue weighted by molar-refractivity contribution is 7.80. The van der Waals surface area contributed by atoms with Crippen molar-refractivity contribution in [3.8, 4) is 11.5 Å². The van der Waals surface area contributed by atoms with E-state index in [4.69, 9.17) is 33.3 Å². The standard InChI is InChI=1S/C13H10ClN3O3S2/c14-11-4-3-10(22-11)12(18)16-17-13(21)15-7-1-2-8-9(5-7)20-6-19-8/h1-5H,6H2,(H,16,18)(H2,15,17,21). The molecule has 0 unspecified atom stereocenters. The monoisotopic (exact) mass is 355 g/mol. The van der Waals surface area contributed by atoms with Gasteiger partial charge in [0.2, 0.25) is 6.79 Å². The number of nitrogens with one attached hydrogen (secondary N) is 3. The van der Waals surface area contributed by atoms with E-state index in [0.717, 1.165) is 5.69 Å². The quantitative estimate of drug-likeness (QED) is 0.568. The Morgan fingerprint density at radius 3 is 2.77 bits per heavy atom. The lowest BCUT2D eigenvalue weighted by atomic mass is 10.3. The lowest BCUT2D eigenvalue weighted by Crippen LogP contribution is -2.43. The van der Waals surface area contributed by atoms with Crippen molar-refractivity contribution in [2.75, 3.05) is 12.1 Å². The average molecular weight is 356 g/mol. The van der Waals surface area contributed by atoms with E-state index < -0.39 is 0 Å². The minimum absolute atomic E-state index is 0.209. The van der Waals surface area contributed by atoms with Crippen LogP contribution in [-0.4, -0.2) is 17.8 Å². The molecule has 0 bridgehead atoms. The van der Waals surface area contributed by atoms with Crippen LogP contribution in [-0.2, 0) is 0 Å². The fourth-order valence-electron chi connectivity index (χ4n) is 1.75. The van der Waals surface area contributed by atoms with E-state index in [2.05, 4.69) is 16.2 Å². The molecule has 0 fully saturated rings. The number of benzene rings is 1. The molecule has 3 N–H and O–H groups in total. The summed E-state index contributed by atoms with van der Waals surface area (Å²) in [6.45, 7) is 0.209. The van der Waals surface area contributed by atoms with Crippen molar-refractivity contribution in [1.29, 1.82) is 0 Å². The fraction of sp³-hybridized carbons (Fsp3) is 0.0769. The summed E-state index contributed by atoms with van der Waals surface area (Å²) in [7, 11) is 0. The zero-order valence-corrected chi connectivity index (χ0v) is 13.4. The highest BCUT2D eigenvalue weighted by atomic mass is 35.5. The summed E-state index contributed by atoms with van der Waals surface area (Å²) in [5.41, 5.74) is 5.82. The summed E-state index contributed by atoms with van der Waals surface area (Å²) < 4.78 is 11.0. The van der Waals surface area contributed by atoms with Crippen LogP contribution in [0.2, 0.25) is 4.34 Å². The number of hydrogen-bond acceptors (Lipinski definition) is 5. The molecule has 0 spiro atoms. The Morgan fingerprint density at radius 1 is 1.18 bits per heavy atom. The van der Waals surface area contributed by atoms with Gasteiger partial charge < -0.3 is 14.8 Å². The van der Waals surface area contributed by atoms with Crippen LogP contribution in [0.15, 0.2) is 30.3 Å². The second-order valence-corrected chi connectivity index (χ2v) is 6.33. The Bertz CT molecular complexity index is 735. The van der Waals surface area contributed by atoms with Crippen molar-refractivity contribution in [3.05, 3.63) is 39.5 Å². The molecular weight excluding hydrogens is 346 g/mol. The van der Waals surface area contributed by atoms with Crippen LogP contribution in [0.3, 0.4) is 0 Å². The summed E-state index contributed by atoms with van der Waals surface area (Å²) in [5.74, 6) is 1.02. The topological polar surface area (TPSA) is 71.6 Å². The Kier molecular flexibility index (Phi) is 4.32. The van der Waals surface area contributed by atoms with Crippen molar-refractivity contribution in [2.24, 2.45) is 0 Å². The first-order valence-corrected chi connectivity index (χ1v) is 7.74. The molecule has 22 heavy (non-hydrogen) atoms. The molecule has 114 valence electrons. The van der Waals surface area contributed by atoms with Gasteiger partial charge in [0.15, 0.2) is 16.6 Å². The molecule has 1 amide bonds. The van der Waals surface area contributed by atoms with Crippen molar-refractivity contribution in [1.82, 2.24) is 10.9 Å². The number of hydrazine groups is 1. The number of amides is 1. The molecule has 9 heteroatoms. The molecule has 6 nitrogen and oxygen atoms in total. The second-order valence-electron chi connectivity index (χ2n) is 4.21. The Labute approximate surface area is 140 Å². The van der Waals surface area contributed by atoms with Gasteiger partial charge in [-0.05, 0) is 36.5 Å². The van der Waals surface area contributed by atoms with Gasteiger partial charge in [-0.3, -0.25) is 15.6 Å². The molecule has 1 aromatic heterocycles. The number of ether oxygens (including phenoxy) is 2. The smallest absolute Gasteiger partial charge is 0.279 e. The van der Waals surface area contributed by atoms with E-state index in [-0.39, 0.29) is 17.8 Å². The first-order chi connectivity index (χ1) is 10.6. The van der Waals surface area contributed by atoms with Gasteiger partial charge in [0.25, 0.3) is 5.91 Å². The maximum absolute atomic E-state index is 11.8. The summed E-state index contributed by atoms with van der Waals surface area (Å²) in [5, 5.41) is 3.18. The normalized spacial score (nSPS) is 11.9. The first-order valence-electron chi connectivity index (χ1n) is 6.14. The predicted molar refractivity (Wildman–Crippen MR) is 88.7 cm³/mol. The molecule has 0 saturated carbocycles. The lowest BCUT2D eigenvalue weighted by molar-refractivity contribution is 0.0948. The third kappa shape index (κ3) is 3.41. The van der Waals surface area contributed by atoms with E-state index in [9.17, 15) is 4.79 Å². The van der Waals surface area contributed by atoms with Gasteiger partial charge in [-0.25, -0.2) is 0 Å². The fourth-order valence-corrected chi connectivity index (χ4v) is 2.86. The first kappa shape index (κ1) is 14.9. The zero-order chi connectivity index (χ0) is 15.5. The lowest BCUT2D eigenvalue weighted by Gasteiger charge is -2.11. The largest absolute Gasteiger partial charge is 0.454 e. The number of rotatable bonds is 2. The zero-order valence-electron chi connectivity index (χ0n) is 11.0. The molecule has 0 aliphatic carbocycles. The molecule has 2 aromatic rings. The van der Waals surface area contributed by atoms with Gasteiger partial charge >= 0.3 is 0 Å². The Balaban J connectivity index is 1.53. The van der Waals surface area contributed by atoms with E-state index in [0.29, 0.717) is 20.7 Å². The predicted octanol–water partition coefficient (Wildman–Crippen LogP) is 2.76. The maximum Gasteiger partial charge on any atom is 0.279 e. The van der Waals surface area contributed by atoms with Crippen molar-refractivity contribution in [2.45, 2.75) is 0 Å². The van der Waals surface area contributed by atoms with Crippen LogP contribution in [0.1, 0.15) is 9.67 Å². The van der Waals surface area contributed by atoms with E-state index in [1.807, 2.05) is 0 Å². The molecule has 0 radical (unpaired) electrons. The summed E-state index contributed by atoms with van der Waals surface area (Å²) in [6, 6.07) is 8.63. The number of thiocarbonyl (C=S) groups is 1. The van der Waals surface area contributed by atoms with Crippen molar-refractivity contribution < 1.29 is 14.3 Å². The minimum atomic E-state index is -0.313. The van der Waals surface area contributed by atoms with Crippen LogP contribution < -0.4 is 25.6 Å². The third-order valence-electron chi connectivity index (χ3n) is 2.72. The molecule has 2 heterocycles. The second kappa shape index (κ2) is 6.39. The summed E-state index contributed by atoms with van der Waals surface area (Å²) in [4.78, 5) is 12.3. The van der Waals surface area contributed by atoms with Crippen LogP contribution in [0.25, 0.3) is 0 Å². The number of carbonyl (C=O) groups is 1. The summed E-state index contributed by atoms with van der Waals surface area (Å²) in [6.07, 6.45) is 0. The number of carbonyl (C=O) groups excluding carboxylic acids is 1. The number of thiophene rings is 1. The van der Waals surface area contributed by atoms with Crippen LogP contribution in [0.4, 0.5) is 5.69 Å². The molecule has 0 saturated heterocycles. The van der Waals surface area contributed by atoms with Gasteiger partial charge in [-0.1, -0.05) is 11.6 Å². The minimum Gasteiger partial charge on any atom is -0.454 e. The SMILES string of the molecule is O=C(NNC(=S)Nc1ccc2c(c1)OCO2)c1ccc(Cl)s1. The molecule has 1 aliphatic rings. The van der Waals surface area contributed by atoms with Gasteiger partial charge in [0.05, 0.1) is 9.21 Å². The molecule has 1 aliphatic heterocycles. The van der Waals surface area contributed by atoms with Crippen LogP contribution in [0.5, 0.6) is 11.5 Å². The highest BCUT2D eigenvalue weighted by Gasteiger charge is 2.14. The Hall–Kier alpha value is -2.03. The Morgan fingerprint density at radius 2 is 2.00 bits per heavy atom. The average Bonchev–Trinajstić information content (AvgIpc) is 3.13. The van der Waals surface area contributed by atoms with E-state index in [1.54, 1.807) is 30.3 Å². The number of fused-ring (bicyclic) bond motifs is 1. The molecule has 1 aromatic carbocycles. The van der Waals surface area contributed by atoms with Gasteiger partial charge in [-0.15, -0.1) is 11.3 Å². The number of anilines is 1. The number of halogens is 1. The number of hydrogen-bond donors (Lipinski definition) is 3. The van der Waals surface area contributed by atoms with Crippen molar-refractivity contribution >= 4 is 51.9 Å². The molecule has 3 rings (SSSR count). The van der Waals surface area contributed by atoms with Gasteiger partial charge in [0, 0.05) is 11.8 Å². The molecule has 0 atom stereocenters. The summed E-state index contributed by atoms with van der Waals surface area (Å²) >= 11 is 12.1. The maximum atomic E-state index is 11.8. The van der Waals surface area contributed by atoms with Crippen molar-refractivity contribution in [3.63, 3.8) is 0 Å². The highest BCUT2D eigenvalue weighted by Crippen LogP contribution is 2.34. The van der Waals surface area contributed by atoms with Gasteiger partial charge in [0.1, 0.15) is 0 Å². The van der Waals surface area contributed by atoms with Gasteiger partial charge in [-0.2, -0.15) is 0 Å². The van der Waals surface area contributed by atoms with Crippen LogP contribution >= 0.6 is 35.2 Å². The van der Waals surface area contributed by atoms with E-state index in [1.165, 1.54) is 11.3 Å². The third-order valence-corrected chi connectivity index (χ3v) is 4.15. The molecular formula is C13H10ClN3O3S2. The van der Waals surface area contributed by atoms with Crippen LogP contribution in [0, 0.1) is 0 Å². The van der Waals surface area contributed by atoms with E-state index >= 15 is 0 Å².